The molecular weight excluding hydrogens is 176 g/mol. The molecule has 3 heteroatoms. The average molecular weight is 198 g/mol. The van der Waals surface area contributed by atoms with E-state index in [1.807, 2.05) is 12.2 Å². The second-order valence-corrected chi connectivity index (χ2v) is 6.82. The molecule has 0 fully saturated rings. The van der Waals surface area contributed by atoms with Gasteiger partial charge in [-0.1, -0.05) is 26.0 Å². The van der Waals surface area contributed by atoms with Gasteiger partial charge in [0.2, 0.25) is 8.40 Å². The van der Waals surface area contributed by atoms with Crippen LogP contribution in [-0.2, 0) is 0 Å². The Kier molecular flexibility index (Phi) is 6.85. The summed E-state index contributed by atoms with van der Waals surface area (Å²) in [6.45, 7) is 13.9. The van der Waals surface area contributed by atoms with Gasteiger partial charge in [-0.2, -0.15) is 0 Å². The van der Waals surface area contributed by atoms with Crippen LogP contribution >= 0.6 is 0 Å². The molecule has 0 aromatic carbocycles. The molecule has 0 saturated heterocycles. The summed E-state index contributed by atoms with van der Waals surface area (Å²) in [6, 6.07) is 2.11. The molecule has 76 valence electrons. The number of rotatable bonds is 8. The summed E-state index contributed by atoms with van der Waals surface area (Å²) < 4.78 is 0. The SMILES string of the molecule is C=CC[Si](CC=C)(NCC)NCC. The summed E-state index contributed by atoms with van der Waals surface area (Å²) in [7, 11) is -1.53. The van der Waals surface area contributed by atoms with Crippen molar-refractivity contribution in [3.63, 3.8) is 0 Å². The molecule has 2 N–H and O–H groups in total. The molecule has 2 nitrogen and oxygen atoms in total. The third kappa shape index (κ3) is 4.41. The van der Waals surface area contributed by atoms with E-state index in [9.17, 15) is 0 Å². The Morgan fingerprint density at radius 1 is 1.00 bits per heavy atom. The zero-order valence-corrected chi connectivity index (χ0v) is 9.90. The molecule has 0 saturated carbocycles. The standard InChI is InChI=1S/C10H22N2Si/c1-5-9-13(10-6-2,11-7-3)12-8-4/h5-6,11-12H,1-2,7-10H2,3-4H3. The van der Waals surface area contributed by atoms with Crippen LogP contribution in [-0.4, -0.2) is 21.5 Å². The number of hydrogen-bond acceptors (Lipinski definition) is 2. The van der Waals surface area contributed by atoms with E-state index < -0.39 is 8.40 Å². The smallest absolute Gasteiger partial charge is 0.208 e. The fourth-order valence-electron chi connectivity index (χ4n) is 1.60. The predicted molar refractivity (Wildman–Crippen MR) is 63.1 cm³/mol. The number of hydrogen-bond donors (Lipinski definition) is 2. The Morgan fingerprint density at radius 2 is 1.38 bits per heavy atom. The van der Waals surface area contributed by atoms with Crippen LogP contribution in [0.15, 0.2) is 25.3 Å². The fourth-order valence-corrected chi connectivity index (χ4v) is 4.81. The molecule has 0 unspecified atom stereocenters. The minimum atomic E-state index is -1.53. The summed E-state index contributed by atoms with van der Waals surface area (Å²) in [6.07, 6.45) is 4.00. The second-order valence-electron chi connectivity index (χ2n) is 3.13. The minimum Gasteiger partial charge on any atom is -0.325 e. The van der Waals surface area contributed by atoms with Gasteiger partial charge in [0.1, 0.15) is 0 Å². The van der Waals surface area contributed by atoms with E-state index in [1.165, 1.54) is 0 Å². The van der Waals surface area contributed by atoms with Gasteiger partial charge >= 0.3 is 0 Å². The van der Waals surface area contributed by atoms with Gasteiger partial charge in [-0.3, -0.25) is 0 Å². The maximum Gasteiger partial charge on any atom is 0.208 e. The van der Waals surface area contributed by atoms with Crippen molar-refractivity contribution in [3.05, 3.63) is 25.3 Å². The van der Waals surface area contributed by atoms with Crippen molar-refractivity contribution in [3.8, 4) is 0 Å². The minimum absolute atomic E-state index is 1.01. The van der Waals surface area contributed by atoms with E-state index in [4.69, 9.17) is 0 Å². The molecule has 0 radical (unpaired) electrons. The van der Waals surface area contributed by atoms with E-state index in [1.54, 1.807) is 0 Å². The quantitative estimate of drug-likeness (QED) is 0.460. The molecule has 0 atom stereocenters. The maximum atomic E-state index is 3.81. The van der Waals surface area contributed by atoms with E-state index >= 15 is 0 Å². The highest BCUT2D eigenvalue weighted by Crippen LogP contribution is 2.09. The molecule has 0 aromatic heterocycles. The third-order valence-corrected chi connectivity index (χ3v) is 6.05. The molecule has 0 aliphatic rings. The van der Waals surface area contributed by atoms with E-state index in [-0.39, 0.29) is 0 Å². The van der Waals surface area contributed by atoms with Crippen LogP contribution in [0.25, 0.3) is 0 Å². The van der Waals surface area contributed by atoms with Crippen LogP contribution in [0.1, 0.15) is 13.8 Å². The number of allylic oxidation sites excluding steroid dienone is 2. The van der Waals surface area contributed by atoms with Crippen LogP contribution in [0.2, 0.25) is 12.1 Å². The molecule has 0 heterocycles. The van der Waals surface area contributed by atoms with Gasteiger partial charge in [-0.05, 0) is 25.2 Å². The molecule has 0 rings (SSSR count). The zero-order valence-electron chi connectivity index (χ0n) is 8.90. The van der Waals surface area contributed by atoms with Gasteiger partial charge < -0.3 is 9.96 Å². The lowest BCUT2D eigenvalue weighted by molar-refractivity contribution is 0.844. The average Bonchev–Trinajstić information content (AvgIpc) is 2.06. The Morgan fingerprint density at radius 3 is 1.62 bits per heavy atom. The lowest BCUT2D eigenvalue weighted by Crippen LogP contribution is -2.61. The van der Waals surface area contributed by atoms with E-state index in [2.05, 4.69) is 37.0 Å². The van der Waals surface area contributed by atoms with E-state index in [0.717, 1.165) is 25.2 Å². The first-order chi connectivity index (χ1) is 6.24. The van der Waals surface area contributed by atoms with Crippen LogP contribution < -0.4 is 9.96 Å². The van der Waals surface area contributed by atoms with Gasteiger partial charge in [0.25, 0.3) is 0 Å². The summed E-state index contributed by atoms with van der Waals surface area (Å²) in [5.74, 6) is 0. The largest absolute Gasteiger partial charge is 0.325 e. The Balaban J connectivity index is 4.35. The third-order valence-electron chi connectivity index (χ3n) is 2.02. The van der Waals surface area contributed by atoms with Gasteiger partial charge in [0.15, 0.2) is 0 Å². The summed E-state index contributed by atoms with van der Waals surface area (Å²) >= 11 is 0. The Labute approximate surface area is 83.3 Å². The first kappa shape index (κ1) is 12.6. The number of nitrogens with one attached hydrogen (secondary N) is 2. The lowest BCUT2D eigenvalue weighted by atomic mass is 10.7. The Hall–Kier alpha value is -0.383. The summed E-state index contributed by atoms with van der Waals surface area (Å²) in [5, 5.41) is 0. The molecule has 0 aromatic rings. The molecule has 0 amide bonds. The van der Waals surface area contributed by atoms with Crippen LogP contribution in [0, 0.1) is 0 Å². The van der Waals surface area contributed by atoms with Gasteiger partial charge in [-0.25, -0.2) is 0 Å². The van der Waals surface area contributed by atoms with E-state index in [0.29, 0.717) is 0 Å². The van der Waals surface area contributed by atoms with Crippen molar-refractivity contribution in [2.45, 2.75) is 25.9 Å². The first-order valence-electron chi connectivity index (χ1n) is 4.96. The van der Waals surface area contributed by atoms with Crippen LogP contribution in [0.5, 0.6) is 0 Å². The molecular formula is C10H22N2Si. The van der Waals surface area contributed by atoms with Crippen LogP contribution in [0.3, 0.4) is 0 Å². The molecule has 0 aliphatic carbocycles. The van der Waals surface area contributed by atoms with Gasteiger partial charge in [0, 0.05) is 0 Å². The first-order valence-corrected chi connectivity index (χ1v) is 7.38. The highest BCUT2D eigenvalue weighted by atomic mass is 28.3. The normalized spacial score (nSPS) is 11.2. The van der Waals surface area contributed by atoms with Crippen molar-refractivity contribution in [1.29, 1.82) is 0 Å². The van der Waals surface area contributed by atoms with Crippen molar-refractivity contribution < 1.29 is 0 Å². The lowest BCUT2D eigenvalue weighted by Gasteiger charge is -2.30. The summed E-state index contributed by atoms with van der Waals surface area (Å²) in [4.78, 5) is 7.17. The van der Waals surface area contributed by atoms with Crippen LogP contribution in [0.4, 0.5) is 0 Å². The van der Waals surface area contributed by atoms with Crippen molar-refractivity contribution in [1.82, 2.24) is 9.96 Å². The molecule has 13 heavy (non-hydrogen) atoms. The second kappa shape index (κ2) is 7.06. The van der Waals surface area contributed by atoms with Gasteiger partial charge in [-0.15, -0.1) is 13.2 Å². The maximum absolute atomic E-state index is 3.81. The summed E-state index contributed by atoms with van der Waals surface area (Å²) in [5.41, 5.74) is 0. The molecule has 0 aliphatic heterocycles. The fraction of sp³-hybridized carbons (Fsp3) is 0.600. The van der Waals surface area contributed by atoms with Crippen molar-refractivity contribution in [2.24, 2.45) is 0 Å². The van der Waals surface area contributed by atoms with Crippen molar-refractivity contribution in [2.75, 3.05) is 13.1 Å². The van der Waals surface area contributed by atoms with Crippen molar-refractivity contribution >= 4 is 8.40 Å². The zero-order chi connectivity index (χ0) is 10.2. The monoisotopic (exact) mass is 198 g/mol. The Bertz CT molecular complexity index is 139. The topological polar surface area (TPSA) is 24.1 Å². The highest BCUT2D eigenvalue weighted by Gasteiger charge is 2.28. The molecule has 0 bridgehead atoms. The predicted octanol–water partition coefficient (Wildman–Crippen LogP) is 2.02. The highest BCUT2D eigenvalue weighted by molar-refractivity contribution is 6.75. The van der Waals surface area contributed by atoms with Gasteiger partial charge in [0.05, 0.1) is 0 Å². The molecule has 0 spiro atoms.